The van der Waals surface area contributed by atoms with Crippen molar-refractivity contribution in [2.45, 2.75) is 6.92 Å². The number of thiazole rings is 1. The van der Waals surface area contributed by atoms with Gasteiger partial charge in [-0.15, -0.1) is 22.7 Å². The molecule has 0 saturated carbocycles. The van der Waals surface area contributed by atoms with Crippen LogP contribution in [0.5, 0.6) is 0 Å². The lowest BCUT2D eigenvalue weighted by Gasteiger charge is -2.18. The highest BCUT2D eigenvalue weighted by Crippen LogP contribution is 2.32. The van der Waals surface area contributed by atoms with Crippen LogP contribution >= 0.6 is 22.7 Å². The third-order valence-electron chi connectivity index (χ3n) is 5.26. The largest absolute Gasteiger partial charge is 0.451 e. The molecular weight excluding hydrogens is 472 g/mol. The molecule has 9 heteroatoms. The van der Waals surface area contributed by atoms with E-state index in [1.54, 1.807) is 31.2 Å². The molecule has 2 aromatic heterocycles. The first-order chi connectivity index (χ1) is 16.4. The van der Waals surface area contributed by atoms with Gasteiger partial charge in [0.25, 0.3) is 5.91 Å². The van der Waals surface area contributed by atoms with Crippen LogP contribution in [0.1, 0.15) is 47.2 Å². The van der Waals surface area contributed by atoms with Crippen LogP contribution in [0.3, 0.4) is 0 Å². The van der Waals surface area contributed by atoms with Crippen LogP contribution in [0.25, 0.3) is 9.88 Å². The number of amides is 1. The van der Waals surface area contributed by atoms with Gasteiger partial charge in [0.05, 0.1) is 10.6 Å². The Hall–Kier alpha value is -3.95. The van der Waals surface area contributed by atoms with Crippen LogP contribution in [0.4, 0.5) is 5.69 Å². The molecule has 0 radical (unpaired) electrons. The van der Waals surface area contributed by atoms with Gasteiger partial charge in [-0.1, -0.05) is 30.3 Å². The predicted octanol–water partition coefficient (Wildman–Crippen LogP) is 4.75. The quantitative estimate of drug-likeness (QED) is 0.358. The Morgan fingerprint density at radius 2 is 1.65 bits per heavy atom. The van der Waals surface area contributed by atoms with Crippen molar-refractivity contribution in [1.29, 1.82) is 0 Å². The number of esters is 1. The smallest absolute Gasteiger partial charge is 0.350 e. The SMILES string of the molecule is Cc1nc(-c2cccs2)sc1C(=O)OCC(=O)Nc1ccc2c(c1)C(=O)c1ccccc1C2=O. The Morgan fingerprint density at radius 3 is 2.35 bits per heavy atom. The van der Waals surface area contributed by atoms with Crippen LogP contribution in [0.2, 0.25) is 0 Å². The van der Waals surface area contributed by atoms with Gasteiger partial charge in [-0.3, -0.25) is 14.4 Å². The molecule has 1 aliphatic rings. The zero-order chi connectivity index (χ0) is 23.8. The number of nitrogens with one attached hydrogen (secondary N) is 1. The minimum absolute atomic E-state index is 0.222. The number of ether oxygens (including phenoxy) is 1. The number of hydrogen-bond acceptors (Lipinski definition) is 8. The van der Waals surface area contributed by atoms with E-state index < -0.39 is 18.5 Å². The fourth-order valence-corrected chi connectivity index (χ4v) is 5.42. The molecule has 0 fully saturated rings. The number of nitrogens with zero attached hydrogens (tertiary/aromatic N) is 1. The van der Waals surface area contributed by atoms with E-state index in [9.17, 15) is 19.2 Å². The minimum atomic E-state index is -0.629. The zero-order valence-electron chi connectivity index (χ0n) is 17.8. The monoisotopic (exact) mass is 488 g/mol. The maximum atomic E-state index is 12.8. The summed E-state index contributed by atoms with van der Waals surface area (Å²) in [6.45, 7) is 1.21. The number of benzene rings is 2. The molecule has 1 aliphatic carbocycles. The second-order valence-electron chi connectivity index (χ2n) is 7.50. The first kappa shape index (κ1) is 21.9. The van der Waals surface area contributed by atoms with Crippen LogP contribution in [-0.2, 0) is 9.53 Å². The number of anilines is 1. The molecule has 168 valence electrons. The van der Waals surface area contributed by atoms with Crippen molar-refractivity contribution in [3.63, 3.8) is 0 Å². The summed E-state index contributed by atoms with van der Waals surface area (Å²) in [6, 6.07) is 15.0. The highest BCUT2D eigenvalue weighted by Gasteiger charge is 2.29. The molecule has 0 saturated heterocycles. The van der Waals surface area contributed by atoms with Crippen LogP contribution in [0.15, 0.2) is 60.0 Å². The van der Waals surface area contributed by atoms with Gasteiger partial charge in [-0.25, -0.2) is 9.78 Å². The maximum absolute atomic E-state index is 12.8. The molecule has 5 rings (SSSR count). The molecule has 0 aliphatic heterocycles. The first-order valence-electron chi connectivity index (χ1n) is 10.2. The van der Waals surface area contributed by atoms with E-state index in [-0.39, 0.29) is 22.7 Å². The summed E-state index contributed by atoms with van der Waals surface area (Å²) < 4.78 is 5.17. The molecule has 2 heterocycles. The number of rotatable bonds is 5. The van der Waals surface area contributed by atoms with Crippen molar-refractivity contribution in [2.75, 3.05) is 11.9 Å². The molecule has 7 nitrogen and oxygen atoms in total. The normalized spacial score (nSPS) is 12.1. The van der Waals surface area contributed by atoms with Crippen LogP contribution in [0, 0.1) is 6.92 Å². The second-order valence-corrected chi connectivity index (χ2v) is 9.45. The Balaban J connectivity index is 1.26. The summed E-state index contributed by atoms with van der Waals surface area (Å²) in [6.07, 6.45) is 0. The third-order valence-corrected chi connectivity index (χ3v) is 7.43. The Labute approximate surface area is 202 Å². The molecule has 4 aromatic rings. The van der Waals surface area contributed by atoms with Crippen molar-refractivity contribution in [1.82, 2.24) is 4.98 Å². The average Bonchev–Trinajstić information content (AvgIpc) is 3.51. The Morgan fingerprint density at radius 1 is 0.941 bits per heavy atom. The van der Waals surface area contributed by atoms with Gasteiger partial charge < -0.3 is 10.1 Å². The Kier molecular flexibility index (Phi) is 5.64. The number of aromatic nitrogens is 1. The molecular formula is C25H16N2O5S2. The van der Waals surface area contributed by atoms with E-state index in [0.29, 0.717) is 27.4 Å². The van der Waals surface area contributed by atoms with Crippen molar-refractivity contribution in [3.8, 4) is 9.88 Å². The maximum Gasteiger partial charge on any atom is 0.350 e. The third kappa shape index (κ3) is 3.95. The number of carbonyl (C=O) groups is 4. The summed E-state index contributed by atoms with van der Waals surface area (Å²) in [5.41, 5.74) is 2.07. The number of aryl methyl sites for hydroxylation is 1. The van der Waals surface area contributed by atoms with Crippen molar-refractivity contribution in [2.24, 2.45) is 0 Å². The molecule has 1 N–H and O–H groups in total. The fourth-order valence-electron chi connectivity index (χ4n) is 3.66. The van der Waals surface area contributed by atoms with Gasteiger partial charge in [0, 0.05) is 27.9 Å². The lowest BCUT2D eigenvalue weighted by atomic mass is 9.84. The molecule has 34 heavy (non-hydrogen) atoms. The first-order valence-corrected chi connectivity index (χ1v) is 11.9. The van der Waals surface area contributed by atoms with Gasteiger partial charge in [0.2, 0.25) is 0 Å². The molecule has 0 unspecified atom stereocenters. The number of hydrogen-bond donors (Lipinski definition) is 1. The van der Waals surface area contributed by atoms with Crippen LogP contribution < -0.4 is 5.32 Å². The highest BCUT2D eigenvalue weighted by molar-refractivity contribution is 7.22. The molecule has 0 bridgehead atoms. The zero-order valence-corrected chi connectivity index (χ0v) is 19.4. The number of carbonyl (C=O) groups excluding carboxylic acids is 4. The summed E-state index contributed by atoms with van der Waals surface area (Å²) in [4.78, 5) is 56.1. The van der Waals surface area contributed by atoms with Gasteiger partial charge in [-0.2, -0.15) is 0 Å². The van der Waals surface area contributed by atoms with Crippen LogP contribution in [-0.4, -0.2) is 35.0 Å². The van der Waals surface area contributed by atoms with E-state index in [1.807, 2.05) is 17.5 Å². The summed E-state index contributed by atoms with van der Waals surface area (Å²) in [7, 11) is 0. The highest BCUT2D eigenvalue weighted by atomic mass is 32.1. The standard InChI is InChI=1S/C25H16N2O5S2/c1-13-23(34-24(26-13)19-7-4-10-33-19)25(31)32-12-20(28)27-14-8-9-17-18(11-14)22(30)16-6-3-2-5-15(16)21(17)29/h2-11H,12H2,1H3,(H,27,28). The van der Waals surface area contributed by atoms with Gasteiger partial charge in [-0.05, 0) is 36.6 Å². The number of thiophene rings is 1. The Bertz CT molecular complexity index is 1470. The topological polar surface area (TPSA) is 102 Å². The van der Waals surface area contributed by atoms with E-state index in [2.05, 4.69) is 10.3 Å². The lowest BCUT2D eigenvalue weighted by molar-refractivity contribution is -0.119. The number of ketones is 2. The summed E-state index contributed by atoms with van der Waals surface area (Å²) >= 11 is 2.74. The van der Waals surface area contributed by atoms with E-state index in [1.165, 1.54) is 40.9 Å². The average molecular weight is 489 g/mol. The van der Waals surface area contributed by atoms with Gasteiger partial charge >= 0.3 is 5.97 Å². The summed E-state index contributed by atoms with van der Waals surface area (Å²) in [5, 5.41) is 5.26. The molecule has 0 atom stereocenters. The minimum Gasteiger partial charge on any atom is -0.451 e. The van der Waals surface area contributed by atoms with E-state index in [0.717, 1.165) is 9.88 Å². The van der Waals surface area contributed by atoms with Crippen molar-refractivity contribution < 1.29 is 23.9 Å². The van der Waals surface area contributed by atoms with Crippen molar-refractivity contribution >= 4 is 51.8 Å². The molecule has 0 spiro atoms. The fraction of sp³-hybridized carbons (Fsp3) is 0.0800. The molecule has 1 amide bonds. The second kappa shape index (κ2) is 8.77. The van der Waals surface area contributed by atoms with E-state index >= 15 is 0 Å². The van der Waals surface area contributed by atoms with Gasteiger partial charge in [0.1, 0.15) is 9.88 Å². The number of fused-ring (bicyclic) bond motifs is 2. The van der Waals surface area contributed by atoms with Crippen molar-refractivity contribution in [3.05, 3.63) is 92.8 Å². The van der Waals surface area contributed by atoms with Gasteiger partial charge in [0.15, 0.2) is 18.2 Å². The predicted molar refractivity (Wildman–Crippen MR) is 129 cm³/mol. The lowest BCUT2D eigenvalue weighted by Crippen LogP contribution is -2.23. The molecule has 2 aromatic carbocycles. The summed E-state index contributed by atoms with van der Waals surface area (Å²) in [5.74, 6) is -1.71. The van der Waals surface area contributed by atoms with E-state index in [4.69, 9.17) is 4.74 Å².